The van der Waals surface area contributed by atoms with Gasteiger partial charge in [-0.05, 0) is 18.9 Å². The van der Waals surface area contributed by atoms with Crippen LogP contribution in [0.3, 0.4) is 0 Å². The Kier molecular flexibility index (Phi) is 6.15. The summed E-state index contributed by atoms with van der Waals surface area (Å²) >= 11 is 0. The molecule has 98 valence electrons. The first-order chi connectivity index (χ1) is 8.67. The Bertz CT molecular complexity index is 384. The second-order valence-corrected chi connectivity index (χ2v) is 4.36. The Morgan fingerprint density at radius 2 is 2.06 bits per heavy atom. The van der Waals surface area contributed by atoms with E-state index in [9.17, 15) is 4.79 Å². The van der Waals surface area contributed by atoms with Crippen molar-refractivity contribution >= 4 is 5.91 Å². The molecule has 1 rings (SSSR count). The molecular weight excluding hydrogens is 224 g/mol. The molecule has 3 nitrogen and oxygen atoms in total. The van der Waals surface area contributed by atoms with Gasteiger partial charge in [-0.25, -0.2) is 0 Å². The molecule has 0 aromatic heterocycles. The van der Waals surface area contributed by atoms with Crippen LogP contribution in [0.2, 0.25) is 0 Å². The van der Waals surface area contributed by atoms with Crippen molar-refractivity contribution in [1.29, 1.82) is 0 Å². The Hall–Kier alpha value is -1.61. The molecule has 0 fully saturated rings. The van der Waals surface area contributed by atoms with Gasteiger partial charge in [-0.2, -0.15) is 0 Å². The number of benzene rings is 1. The maximum Gasteiger partial charge on any atom is 0.234 e. The van der Waals surface area contributed by atoms with Crippen molar-refractivity contribution in [2.24, 2.45) is 0 Å². The van der Waals surface area contributed by atoms with E-state index in [1.807, 2.05) is 0 Å². The quantitative estimate of drug-likeness (QED) is 0.573. The topological polar surface area (TPSA) is 41.1 Å². The highest BCUT2D eigenvalue weighted by Gasteiger charge is 2.11. The van der Waals surface area contributed by atoms with Gasteiger partial charge in [-0.1, -0.05) is 42.8 Å². The highest BCUT2D eigenvalue weighted by molar-refractivity contribution is 5.78. The zero-order chi connectivity index (χ0) is 13.4. The average molecular weight is 246 g/mol. The van der Waals surface area contributed by atoms with Gasteiger partial charge in [0.25, 0.3) is 0 Å². The summed E-state index contributed by atoms with van der Waals surface area (Å²) in [6.07, 6.45) is 2.63. The zero-order valence-corrected chi connectivity index (χ0v) is 11.2. The minimum atomic E-state index is 0.0178. The Morgan fingerprint density at radius 3 is 2.61 bits per heavy atom. The van der Waals surface area contributed by atoms with Crippen LogP contribution >= 0.6 is 0 Å². The van der Waals surface area contributed by atoms with Crippen molar-refractivity contribution in [3.8, 4) is 0 Å². The fourth-order valence-corrected chi connectivity index (χ4v) is 1.75. The summed E-state index contributed by atoms with van der Waals surface area (Å²) in [4.78, 5) is 11.7. The van der Waals surface area contributed by atoms with Crippen molar-refractivity contribution in [1.82, 2.24) is 10.6 Å². The van der Waals surface area contributed by atoms with Gasteiger partial charge in [0.15, 0.2) is 0 Å². The van der Waals surface area contributed by atoms with E-state index in [-0.39, 0.29) is 11.9 Å². The summed E-state index contributed by atoms with van der Waals surface area (Å²) in [5, 5.41) is 6.02. The van der Waals surface area contributed by atoms with Gasteiger partial charge in [0.05, 0.1) is 12.6 Å². The molecule has 0 saturated carbocycles. The lowest BCUT2D eigenvalue weighted by Gasteiger charge is -2.17. The molecule has 0 aliphatic heterocycles. The lowest BCUT2D eigenvalue weighted by molar-refractivity contribution is -0.121. The Morgan fingerprint density at radius 1 is 1.39 bits per heavy atom. The highest BCUT2D eigenvalue weighted by Crippen LogP contribution is 2.16. The van der Waals surface area contributed by atoms with Crippen molar-refractivity contribution < 1.29 is 4.79 Å². The van der Waals surface area contributed by atoms with E-state index in [1.165, 1.54) is 5.56 Å². The summed E-state index contributed by atoms with van der Waals surface area (Å²) in [6.45, 7) is 8.70. The molecule has 1 aromatic carbocycles. The lowest BCUT2D eigenvalue weighted by Crippen LogP contribution is -2.36. The van der Waals surface area contributed by atoms with Gasteiger partial charge in [-0.3, -0.25) is 4.79 Å². The van der Waals surface area contributed by atoms with E-state index >= 15 is 0 Å². The largest absolute Gasteiger partial charge is 0.348 e. The van der Waals surface area contributed by atoms with Crippen LogP contribution in [0, 0.1) is 6.92 Å². The first kappa shape index (κ1) is 14.5. The predicted octanol–water partition coefficient (Wildman–Crippen LogP) is 2.34. The maximum atomic E-state index is 11.7. The van der Waals surface area contributed by atoms with Crippen LogP contribution in [-0.4, -0.2) is 19.0 Å². The van der Waals surface area contributed by atoms with Gasteiger partial charge in [-0.15, -0.1) is 6.58 Å². The number of hydrogen-bond donors (Lipinski definition) is 2. The van der Waals surface area contributed by atoms with Crippen LogP contribution in [0.4, 0.5) is 0 Å². The third-order valence-corrected chi connectivity index (χ3v) is 2.80. The van der Waals surface area contributed by atoms with Gasteiger partial charge in [0, 0.05) is 6.54 Å². The fraction of sp³-hybridized carbons (Fsp3) is 0.400. The zero-order valence-electron chi connectivity index (χ0n) is 11.2. The molecule has 1 unspecified atom stereocenters. The molecule has 0 aliphatic rings. The number of hydrogen-bond acceptors (Lipinski definition) is 2. The average Bonchev–Trinajstić information content (AvgIpc) is 2.37. The van der Waals surface area contributed by atoms with Crippen molar-refractivity contribution in [3.63, 3.8) is 0 Å². The van der Waals surface area contributed by atoms with E-state index in [0.717, 1.165) is 12.0 Å². The summed E-state index contributed by atoms with van der Waals surface area (Å²) in [7, 11) is 0. The smallest absolute Gasteiger partial charge is 0.234 e. The Balaban J connectivity index is 2.53. The summed E-state index contributed by atoms with van der Waals surface area (Å²) in [5.41, 5.74) is 2.38. The van der Waals surface area contributed by atoms with Crippen molar-refractivity contribution in [3.05, 3.63) is 48.0 Å². The van der Waals surface area contributed by atoms with Crippen LogP contribution in [-0.2, 0) is 4.79 Å². The fourth-order valence-electron chi connectivity index (χ4n) is 1.75. The van der Waals surface area contributed by atoms with E-state index < -0.39 is 0 Å². The normalized spacial score (nSPS) is 11.9. The number of amides is 1. The van der Waals surface area contributed by atoms with Gasteiger partial charge >= 0.3 is 0 Å². The molecule has 0 bridgehead atoms. The van der Waals surface area contributed by atoms with Crippen molar-refractivity contribution in [2.75, 3.05) is 13.1 Å². The predicted molar refractivity (Wildman–Crippen MR) is 75.4 cm³/mol. The van der Waals surface area contributed by atoms with E-state index in [4.69, 9.17) is 0 Å². The lowest BCUT2D eigenvalue weighted by atomic mass is 10.0. The molecule has 0 saturated heterocycles. The van der Waals surface area contributed by atoms with Crippen LogP contribution in [0.5, 0.6) is 0 Å². The number of nitrogens with one attached hydrogen (secondary N) is 2. The van der Waals surface area contributed by atoms with E-state index in [2.05, 4.69) is 55.3 Å². The molecule has 0 radical (unpaired) electrons. The van der Waals surface area contributed by atoms with Gasteiger partial charge < -0.3 is 10.6 Å². The number of carbonyl (C=O) groups is 1. The molecule has 1 amide bonds. The molecule has 1 atom stereocenters. The van der Waals surface area contributed by atoms with Crippen LogP contribution in [0.15, 0.2) is 36.9 Å². The number of aryl methyl sites for hydroxylation is 1. The van der Waals surface area contributed by atoms with Gasteiger partial charge in [0.1, 0.15) is 0 Å². The highest BCUT2D eigenvalue weighted by atomic mass is 16.1. The van der Waals surface area contributed by atoms with Gasteiger partial charge in [0.2, 0.25) is 5.91 Å². The van der Waals surface area contributed by atoms with E-state index in [0.29, 0.717) is 13.1 Å². The molecule has 18 heavy (non-hydrogen) atoms. The first-order valence-electron chi connectivity index (χ1n) is 6.35. The van der Waals surface area contributed by atoms with Crippen LogP contribution < -0.4 is 10.6 Å². The second-order valence-electron chi connectivity index (χ2n) is 4.36. The monoisotopic (exact) mass is 246 g/mol. The summed E-state index contributed by atoms with van der Waals surface area (Å²) in [6, 6.07) is 8.37. The second kappa shape index (κ2) is 7.67. The number of carbonyl (C=O) groups excluding carboxylic acids is 1. The van der Waals surface area contributed by atoms with Crippen LogP contribution in [0.25, 0.3) is 0 Å². The standard InChI is InChI=1S/C15H22N2O/c1-4-10-16-11-15(18)17-14(5-2)13-8-6-12(3)7-9-13/h4,6-9,14,16H,1,5,10-11H2,2-3H3,(H,17,18). The summed E-state index contributed by atoms with van der Waals surface area (Å²) in [5.74, 6) is 0.0178. The third-order valence-electron chi connectivity index (χ3n) is 2.80. The molecular formula is C15H22N2O. The molecule has 2 N–H and O–H groups in total. The number of rotatable bonds is 7. The SMILES string of the molecule is C=CCNCC(=O)NC(CC)c1ccc(C)cc1. The summed E-state index contributed by atoms with van der Waals surface area (Å²) < 4.78 is 0. The molecule has 0 heterocycles. The maximum absolute atomic E-state index is 11.7. The first-order valence-corrected chi connectivity index (χ1v) is 6.35. The minimum Gasteiger partial charge on any atom is -0.348 e. The van der Waals surface area contributed by atoms with Crippen LogP contribution in [0.1, 0.15) is 30.5 Å². The Labute approximate surface area is 109 Å². The third kappa shape index (κ3) is 4.72. The molecule has 1 aromatic rings. The molecule has 0 spiro atoms. The van der Waals surface area contributed by atoms with Crippen molar-refractivity contribution in [2.45, 2.75) is 26.3 Å². The molecule has 0 aliphatic carbocycles. The molecule has 3 heteroatoms. The van der Waals surface area contributed by atoms with E-state index in [1.54, 1.807) is 6.08 Å². The minimum absolute atomic E-state index is 0.0178.